The van der Waals surface area contributed by atoms with Crippen LogP contribution in [0.15, 0.2) is 30.3 Å². The summed E-state index contributed by atoms with van der Waals surface area (Å²) in [5, 5.41) is 0. The third-order valence-electron chi connectivity index (χ3n) is 2.68. The molecule has 0 aliphatic carbocycles. The second-order valence-corrected chi connectivity index (χ2v) is 4.35. The predicted octanol–water partition coefficient (Wildman–Crippen LogP) is 2.75. The molecule has 70 valence electrons. The van der Waals surface area contributed by atoms with E-state index in [1.165, 1.54) is 25.1 Å². The fourth-order valence-electron chi connectivity index (χ4n) is 1.89. The molecule has 1 aromatic carbocycles. The Morgan fingerprint density at radius 2 is 2.08 bits per heavy atom. The SMILES string of the molecule is CSN1CCC(c2ccccc2)C1. The van der Waals surface area contributed by atoms with Crippen LogP contribution in [-0.4, -0.2) is 23.7 Å². The number of hydrogen-bond acceptors (Lipinski definition) is 2. The van der Waals surface area contributed by atoms with Gasteiger partial charge in [0.1, 0.15) is 0 Å². The summed E-state index contributed by atoms with van der Waals surface area (Å²) >= 11 is 1.86. The van der Waals surface area contributed by atoms with Gasteiger partial charge in [-0.1, -0.05) is 42.3 Å². The summed E-state index contributed by atoms with van der Waals surface area (Å²) in [4.78, 5) is 0. The van der Waals surface area contributed by atoms with Gasteiger partial charge >= 0.3 is 0 Å². The van der Waals surface area contributed by atoms with Gasteiger partial charge in [0.05, 0.1) is 0 Å². The van der Waals surface area contributed by atoms with Gasteiger partial charge in [0.15, 0.2) is 0 Å². The predicted molar refractivity (Wildman–Crippen MR) is 58.9 cm³/mol. The van der Waals surface area contributed by atoms with E-state index in [2.05, 4.69) is 40.9 Å². The first-order chi connectivity index (χ1) is 6.40. The van der Waals surface area contributed by atoms with Gasteiger partial charge in [0.2, 0.25) is 0 Å². The number of rotatable bonds is 2. The minimum atomic E-state index is 0.758. The number of hydrogen-bond donors (Lipinski definition) is 0. The van der Waals surface area contributed by atoms with Crippen molar-refractivity contribution in [1.82, 2.24) is 4.31 Å². The Kier molecular flexibility index (Phi) is 2.91. The van der Waals surface area contributed by atoms with Crippen LogP contribution in [0.1, 0.15) is 17.9 Å². The molecule has 1 unspecified atom stereocenters. The first-order valence-electron chi connectivity index (χ1n) is 4.74. The van der Waals surface area contributed by atoms with Gasteiger partial charge < -0.3 is 0 Å². The highest BCUT2D eigenvalue weighted by Gasteiger charge is 2.22. The lowest BCUT2D eigenvalue weighted by atomic mass is 9.99. The van der Waals surface area contributed by atoms with E-state index in [1.54, 1.807) is 0 Å². The van der Waals surface area contributed by atoms with Crippen molar-refractivity contribution in [3.8, 4) is 0 Å². The fraction of sp³-hybridized carbons (Fsp3) is 0.455. The fourth-order valence-corrected chi connectivity index (χ4v) is 2.51. The van der Waals surface area contributed by atoms with Crippen molar-refractivity contribution in [3.05, 3.63) is 35.9 Å². The maximum atomic E-state index is 2.44. The van der Waals surface area contributed by atoms with Crippen LogP contribution in [0.5, 0.6) is 0 Å². The van der Waals surface area contributed by atoms with Crippen molar-refractivity contribution in [2.45, 2.75) is 12.3 Å². The van der Waals surface area contributed by atoms with Gasteiger partial charge in [-0.3, -0.25) is 4.31 Å². The molecule has 1 aliphatic heterocycles. The molecule has 1 nitrogen and oxygen atoms in total. The zero-order valence-electron chi connectivity index (χ0n) is 7.94. The summed E-state index contributed by atoms with van der Waals surface area (Å²) < 4.78 is 2.44. The second-order valence-electron chi connectivity index (χ2n) is 3.47. The van der Waals surface area contributed by atoms with Crippen molar-refractivity contribution in [2.75, 3.05) is 19.3 Å². The molecule has 1 aromatic rings. The first kappa shape index (κ1) is 9.10. The molecule has 1 atom stereocenters. The number of benzene rings is 1. The summed E-state index contributed by atoms with van der Waals surface area (Å²) in [7, 11) is 0. The largest absolute Gasteiger partial charge is 0.250 e. The summed E-state index contributed by atoms with van der Waals surface area (Å²) in [5.41, 5.74) is 1.50. The highest BCUT2D eigenvalue weighted by atomic mass is 32.2. The summed E-state index contributed by atoms with van der Waals surface area (Å²) in [6, 6.07) is 10.8. The Balaban J connectivity index is 2.04. The highest BCUT2D eigenvalue weighted by Crippen LogP contribution is 2.29. The van der Waals surface area contributed by atoms with Crippen LogP contribution in [-0.2, 0) is 0 Å². The molecule has 13 heavy (non-hydrogen) atoms. The van der Waals surface area contributed by atoms with Gasteiger partial charge in [-0.15, -0.1) is 0 Å². The van der Waals surface area contributed by atoms with E-state index in [1.807, 2.05) is 11.9 Å². The first-order valence-corrected chi connectivity index (χ1v) is 5.92. The van der Waals surface area contributed by atoms with Crippen LogP contribution in [0, 0.1) is 0 Å². The van der Waals surface area contributed by atoms with E-state index in [-0.39, 0.29) is 0 Å². The highest BCUT2D eigenvalue weighted by molar-refractivity contribution is 7.96. The molecule has 1 aliphatic rings. The third-order valence-corrected chi connectivity index (χ3v) is 3.53. The summed E-state index contributed by atoms with van der Waals surface area (Å²) in [6.07, 6.45) is 3.47. The van der Waals surface area contributed by atoms with Crippen molar-refractivity contribution in [1.29, 1.82) is 0 Å². The average Bonchev–Trinajstić information content (AvgIpc) is 2.67. The molecule has 2 rings (SSSR count). The normalized spacial score (nSPS) is 23.6. The molecule has 0 aromatic heterocycles. The Hall–Kier alpha value is -0.470. The molecule has 0 radical (unpaired) electrons. The molecule has 1 saturated heterocycles. The lowest BCUT2D eigenvalue weighted by molar-refractivity contribution is 0.577. The van der Waals surface area contributed by atoms with Gasteiger partial charge in [0.25, 0.3) is 0 Å². The molecule has 0 bridgehead atoms. The molecule has 1 fully saturated rings. The van der Waals surface area contributed by atoms with Crippen LogP contribution in [0.2, 0.25) is 0 Å². The van der Waals surface area contributed by atoms with E-state index in [0.29, 0.717) is 0 Å². The van der Waals surface area contributed by atoms with Gasteiger partial charge in [-0.05, 0) is 24.2 Å². The average molecular weight is 193 g/mol. The smallest absolute Gasteiger partial charge is 0.0159 e. The zero-order valence-corrected chi connectivity index (χ0v) is 8.76. The molecule has 2 heteroatoms. The van der Waals surface area contributed by atoms with Crippen LogP contribution in [0.4, 0.5) is 0 Å². The van der Waals surface area contributed by atoms with E-state index < -0.39 is 0 Å². The van der Waals surface area contributed by atoms with Crippen LogP contribution in [0.25, 0.3) is 0 Å². The molecule has 1 heterocycles. The Bertz CT molecular complexity index is 260. The molecule has 0 amide bonds. The van der Waals surface area contributed by atoms with Crippen LogP contribution in [0.3, 0.4) is 0 Å². The Labute approximate surface area is 84.3 Å². The molecule has 0 saturated carbocycles. The lowest BCUT2D eigenvalue weighted by Crippen LogP contribution is -2.10. The van der Waals surface area contributed by atoms with Gasteiger partial charge in [0, 0.05) is 13.1 Å². The number of nitrogens with zero attached hydrogens (tertiary/aromatic N) is 1. The van der Waals surface area contributed by atoms with Gasteiger partial charge in [-0.25, -0.2) is 0 Å². The maximum absolute atomic E-state index is 2.44. The molecule has 0 N–H and O–H groups in total. The van der Waals surface area contributed by atoms with Crippen LogP contribution < -0.4 is 0 Å². The summed E-state index contributed by atoms with van der Waals surface area (Å²) in [6.45, 7) is 2.45. The lowest BCUT2D eigenvalue weighted by Gasteiger charge is -2.11. The molecular formula is C11H15NS. The Morgan fingerprint density at radius 1 is 1.31 bits per heavy atom. The van der Waals surface area contributed by atoms with Crippen molar-refractivity contribution in [2.24, 2.45) is 0 Å². The quantitative estimate of drug-likeness (QED) is 0.664. The minimum absolute atomic E-state index is 0.758. The van der Waals surface area contributed by atoms with Crippen molar-refractivity contribution in [3.63, 3.8) is 0 Å². The van der Waals surface area contributed by atoms with Crippen molar-refractivity contribution >= 4 is 11.9 Å². The third kappa shape index (κ3) is 2.06. The molecular weight excluding hydrogens is 178 g/mol. The van der Waals surface area contributed by atoms with E-state index >= 15 is 0 Å². The van der Waals surface area contributed by atoms with Crippen molar-refractivity contribution < 1.29 is 0 Å². The van der Waals surface area contributed by atoms with E-state index in [9.17, 15) is 0 Å². The standard InChI is InChI=1S/C11H15NS/c1-13-12-8-7-11(9-12)10-5-3-2-4-6-10/h2-6,11H,7-9H2,1H3. The Morgan fingerprint density at radius 3 is 2.69 bits per heavy atom. The molecule has 0 spiro atoms. The summed E-state index contributed by atoms with van der Waals surface area (Å²) in [5.74, 6) is 0.758. The van der Waals surface area contributed by atoms with E-state index in [4.69, 9.17) is 0 Å². The van der Waals surface area contributed by atoms with E-state index in [0.717, 1.165) is 5.92 Å². The second kappa shape index (κ2) is 4.16. The zero-order chi connectivity index (χ0) is 9.10. The monoisotopic (exact) mass is 193 g/mol. The van der Waals surface area contributed by atoms with Crippen LogP contribution >= 0.6 is 11.9 Å². The minimum Gasteiger partial charge on any atom is -0.250 e. The topological polar surface area (TPSA) is 3.24 Å². The maximum Gasteiger partial charge on any atom is 0.0159 e. The van der Waals surface area contributed by atoms with Gasteiger partial charge in [-0.2, -0.15) is 0 Å².